The topological polar surface area (TPSA) is 142 Å². The van der Waals surface area contributed by atoms with Crippen molar-refractivity contribution in [1.29, 1.82) is 0 Å². The summed E-state index contributed by atoms with van der Waals surface area (Å²) in [5, 5.41) is 10.6. The maximum absolute atomic E-state index is 12.8. The van der Waals surface area contributed by atoms with Gasteiger partial charge in [0.05, 0.1) is 36.2 Å². The number of hydrogen-bond donors (Lipinski definition) is 1. The van der Waals surface area contributed by atoms with Crippen LogP contribution in [0.25, 0.3) is 0 Å². The van der Waals surface area contributed by atoms with Gasteiger partial charge in [0.1, 0.15) is 30.5 Å². The number of ether oxygens (including phenoxy) is 2. The zero-order chi connectivity index (χ0) is 31.0. The maximum Gasteiger partial charge on any atom is 0.420 e. The van der Waals surface area contributed by atoms with Crippen molar-refractivity contribution in [3.05, 3.63) is 54.2 Å². The number of aliphatic hydroxyl groups is 1. The molecule has 4 rings (SSSR count). The van der Waals surface area contributed by atoms with Crippen LogP contribution in [0.5, 0.6) is 0 Å². The van der Waals surface area contributed by atoms with Gasteiger partial charge >= 0.3 is 6.09 Å². The molecular weight excluding hydrogens is 580 g/mol. The molecule has 0 aliphatic carbocycles. The molecule has 230 valence electrons. The number of rotatable bonds is 8. The Labute approximate surface area is 248 Å². The van der Waals surface area contributed by atoms with Crippen LogP contribution in [0.3, 0.4) is 0 Å². The van der Waals surface area contributed by atoms with Crippen molar-refractivity contribution in [3.8, 4) is 0 Å². The van der Waals surface area contributed by atoms with Gasteiger partial charge in [-0.1, -0.05) is 45.0 Å². The summed E-state index contributed by atoms with van der Waals surface area (Å²) in [5.74, 6) is 0.640. The molecule has 1 unspecified atom stereocenters. The average Bonchev–Trinajstić information content (AvgIpc) is 3.41. The van der Waals surface area contributed by atoms with E-state index in [1.165, 1.54) is 23.4 Å². The van der Waals surface area contributed by atoms with Gasteiger partial charge in [-0.25, -0.2) is 14.8 Å². The van der Waals surface area contributed by atoms with Crippen molar-refractivity contribution in [3.63, 3.8) is 0 Å². The summed E-state index contributed by atoms with van der Waals surface area (Å²) in [6, 6.07) is 6.30. The Hall–Kier alpha value is -2.88. The average molecular weight is 621 g/mol. The van der Waals surface area contributed by atoms with Gasteiger partial charge in [-0.15, -0.1) is 0 Å². The molecule has 12 nitrogen and oxygen atoms in total. The van der Waals surface area contributed by atoms with E-state index in [0.717, 1.165) is 5.56 Å². The Balaban J connectivity index is 1.57. The van der Waals surface area contributed by atoms with Crippen molar-refractivity contribution in [2.75, 3.05) is 13.2 Å². The van der Waals surface area contributed by atoms with Crippen LogP contribution >= 0.6 is 0 Å². The minimum atomic E-state index is -4.04. The highest BCUT2D eigenvalue weighted by atomic mass is 32.2. The fraction of sp³-hybridized carbons (Fsp3) is 0.536. The third-order valence-electron chi connectivity index (χ3n) is 7.73. The van der Waals surface area contributed by atoms with Crippen molar-refractivity contribution in [2.45, 2.75) is 88.6 Å². The van der Waals surface area contributed by atoms with Gasteiger partial charge in [0.15, 0.2) is 14.1 Å². The second-order valence-corrected chi connectivity index (χ2v) is 18.6. The standard InChI is InChI=1S/C28H40N4O8SSi/c1-18(2)38-27(34)31-14-22(40-42(7,8)28(4,5)6)25-26(30-16-31)32(17-29-25)24-13-21(33)23(39-24)15-37-41(35,36)20-11-9-19(3)10-12-20/h9-12,16-17,21-24,33H,1,13-15H2,2-8H3/t21-,22?,23-,24-/m1/s1. The second-order valence-electron chi connectivity index (χ2n) is 12.2. The number of aliphatic hydroxyl groups excluding tert-OH is 1. The molecule has 1 aromatic carbocycles. The van der Waals surface area contributed by atoms with Crippen LogP contribution in [0.4, 0.5) is 10.6 Å². The summed E-state index contributed by atoms with van der Waals surface area (Å²) in [4.78, 5) is 23.3. The first-order valence-corrected chi connectivity index (χ1v) is 18.0. The normalized spacial score (nSPS) is 23.0. The lowest BCUT2D eigenvalue weighted by Crippen LogP contribution is -2.44. The zero-order valence-corrected chi connectivity index (χ0v) is 26.9. The van der Waals surface area contributed by atoms with Crippen LogP contribution in [0.15, 0.2) is 52.8 Å². The van der Waals surface area contributed by atoms with Crippen LogP contribution in [0.1, 0.15) is 57.7 Å². The van der Waals surface area contributed by atoms with Crippen LogP contribution < -0.4 is 0 Å². The summed E-state index contributed by atoms with van der Waals surface area (Å²) in [6.45, 7) is 17.4. The van der Waals surface area contributed by atoms with Crippen LogP contribution in [-0.2, 0) is 28.2 Å². The summed E-state index contributed by atoms with van der Waals surface area (Å²) in [5.41, 5.74) is 1.43. The van der Waals surface area contributed by atoms with Crippen LogP contribution in [0.2, 0.25) is 18.1 Å². The van der Waals surface area contributed by atoms with E-state index in [1.54, 1.807) is 30.0 Å². The third-order valence-corrected chi connectivity index (χ3v) is 13.5. The molecule has 2 aromatic rings. The SMILES string of the molecule is C=C(C)OC(=O)N1C=Nc2c(ncn2[C@H]2C[C@@H](O)[C@@H](COS(=O)(=O)c3ccc(C)cc3)O2)C(O[Si](C)(C)C(C)(C)C)C1. The number of nitrogens with zero attached hydrogens (tertiary/aromatic N) is 4. The van der Waals surface area contributed by atoms with Gasteiger partial charge in [0, 0.05) is 6.42 Å². The maximum atomic E-state index is 12.8. The van der Waals surface area contributed by atoms with Gasteiger partial charge in [-0.2, -0.15) is 8.42 Å². The van der Waals surface area contributed by atoms with Gasteiger partial charge in [0.25, 0.3) is 10.1 Å². The summed E-state index contributed by atoms with van der Waals surface area (Å²) in [7, 11) is -6.37. The summed E-state index contributed by atoms with van der Waals surface area (Å²) in [6.07, 6.45) is -0.842. The Bertz CT molecular complexity index is 1450. The highest BCUT2D eigenvalue weighted by Crippen LogP contribution is 2.43. The number of carbonyl (C=O) groups is 1. The second kappa shape index (κ2) is 12.0. The lowest BCUT2D eigenvalue weighted by molar-refractivity contribution is -0.0377. The molecule has 1 aromatic heterocycles. The van der Waals surface area contributed by atoms with Crippen LogP contribution in [0, 0.1) is 6.92 Å². The van der Waals surface area contributed by atoms with E-state index in [2.05, 4.69) is 50.4 Å². The minimum absolute atomic E-state index is 0.0221. The number of carbonyl (C=O) groups excluding carboxylic acids is 1. The van der Waals surface area contributed by atoms with Gasteiger partial charge in [-0.3, -0.25) is 13.7 Å². The molecule has 14 heteroatoms. The van der Waals surface area contributed by atoms with E-state index in [0.29, 0.717) is 11.5 Å². The third kappa shape index (κ3) is 7.01. The van der Waals surface area contributed by atoms with E-state index >= 15 is 0 Å². The smallest absolute Gasteiger partial charge is 0.415 e. The number of fused-ring (bicyclic) bond motifs is 1. The largest absolute Gasteiger partial charge is 0.420 e. The van der Waals surface area contributed by atoms with Crippen LogP contribution in [-0.4, -0.2) is 74.1 Å². The molecule has 2 aliphatic rings. The fourth-order valence-electron chi connectivity index (χ4n) is 4.30. The number of amides is 1. The van der Waals surface area contributed by atoms with E-state index in [-0.39, 0.29) is 35.3 Å². The predicted octanol–water partition coefficient (Wildman–Crippen LogP) is 4.95. The predicted molar refractivity (Wildman–Crippen MR) is 158 cm³/mol. The number of aryl methyl sites for hydroxylation is 1. The number of imidazole rings is 1. The molecule has 0 saturated carbocycles. The zero-order valence-electron chi connectivity index (χ0n) is 25.1. The molecule has 3 heterocycles. The van der Waals surface area contributed by atoms with E-state index < -0.39 is 49.1 Å². The van der Waals surface area contributed by atoms with Crippen molar-refractivity contribution < 1.29 is 36.4 Å². The highest BCUT2D eigenvalue weighted by molar-refractivity contribution is 7.86. The first-order valence-electron chi connectivity index (χ1n) is 13.7. The van der Waals surface area contributed by atoms with Gasteiger partial charge < -0.3 is 19.0 Å². The number of hydrogen-bond acceptors (Lipinski definition) is 10. The minimum Gasteiger partial charge on any atom is -0.415 e. The molecule has 4 atom stereocenters. The molecule has 0 radical (unpaired) electrons. The first-order chi connectivity index (χ1) is 19.5. The lowest BCUT2D eigenvalue weighted by atomic mass is 10.2. The van der Waals surface area contributed by atoms with Gasteiger partial charge in [0.2, 0.25) is 0 Å². The molecule has 1 saturated heterocycles. The van der Waals surface area contributed by atoms with E-state index in [1.807, 2.05) is 6.92 Å². The van der Waals surface area contributed by atoms with E-state index in [4.69, 9.17) is 18.1 Å². The Morgan fingerprint density at radius 1 is 1.24 bits per heavy atom. The molecule has 42 heavy (non-hydrogen) atoms. The summed E-state index contributed by atoms with van der Waals surface area (Å²) >= 11 is 0. The quantitative estimate of drug-likeness (QED) is 0.246. The van der Waals surface area contributed by atoms with Crippen molar-refractivity contribution in [2.24, 2.45) is 4.99 Å². The molecular formula is C28H40N4O8SSi. The molecule has 0 spiro atoms. The lowest BCUT2D eigenvalue weighted by Gasteiger charge is -2.39. The fourth-order valence-corrected chi connectivity index (χ4v) is 6.47. The van der Waals surface area contributed by atoms with Crippen molar-refractivity contribution in [1.82, 2.24) is 14.5 Å². The molecule has 1 N–H and O–H groups in total. The van der Waals surface area contributed by atoms with Gasteiger partial charge in [-0.05, 0) is 44.1 Å². The molecule has 2 aliphatic heterocycles. The number of benzene rings is 1. The summed E-state index contributed by atoms with van der Waals surface area (Å²) < 4.78 is 50.2. The Morgan fingerprint density at radius 3 is 2.52 bits per heavy atom. The first kappa shape index (κ1) is 32.0. The van der Waals surface area contributed by atoms with E-state index in [9.17, 15) is 18.3 Å². The monoisotopic (exact) mass is 620 g/mol. The Kier molecular flexibility index (Phi) is 9.16. The number of aromatic nitrogens is 2. The highest BCUT2D eigenvalue weighted by Gasteiger charge is 2.43. The number of allylic oxidation sites excluding steroid dienone is 1. The molecule has 1 amide bonds. The number of aliphatic imine (C=N–C) groups is 1. The molecule has 1 fully saturated rings. The van der Waals surface area contributed by atoms with Crippen molar-refractivity contribution >= 4 is 36.7 Å². The molecule has 0 bridgehead atoms. The Morgan fingerprint density at radius 2 is 1.90 bits per heavy atom.